The van der Waals surface area contributed by atoms with Crippen LogP contribution in [0.3, 0.4) is 0 Å². The van der Waals surface area contributed by atoms with Gasteiger partial charge >= 0.3 is 5.97 Å². The van der Waals surface area contributed by atoms with E-state index in [4.69, 9.17) is 11.6 Å². The highest BCUT2D eigenvalue weighted by Gasteiger charge is 2.39. The molecule has 2 N–H and O–H groups in total. The molecule has 4 aromatic rings. The molecule has 40 heavy (non-hydrogen) atoms. The largest absolute Gasteiger partial charge is 0.478 e. The average molecular weight is 557 g/mol. The predicted octanol–water partition coefficient (Wildman–Crippen LogP) is 4.44. The normalized spacial score (nSPS) is 17.1. The summed E-state index contributed by atoms with van der Waals surface area (Å²) in [5.41, 5.74) is 2.78. The second-order valence-corrected chi connectivity index (χ2v) is 9.73. The first-order valence-electron chi connectivity index (χ1n) is 12.6. The van der Waals surface area contributed by atoms with Gasteiger partial charge in [-0.1, -0.05) is 41.9 Å². The quantitative estimate of drug-likeness (QED) is 0.322. The third kappa shape index (κ3) is 5.92. The number of anilines is 1. The van der Waals surface area contributed by atoms with Crippen LogP contribution in [0.25, 0.3) is 11.8 Å². The van der Waals surface area contributed by atoms with E-state index in [-0.39, 0.29) is 23.3 Å². The Kier molecular flexibility index (Phi) is 7.97. The number of hydrogen-bond acceptors (Lipinski definition) is 6. The maximum Gasteiger partial charge on any atom is 0.335 e. The summed E-state index contributed by atoms with van der Waals surface area (Å²) >= 11 is 6.22. The van der Waals surface area contributed by atoms with Crippen molar-refractivity contribution in [1.29, 1.82) is 0 Å². The van der Waals surface area contributed by atoms with Gasteiger partial charge in [0.25, 0.3) is 0 Å². The number of benzene rings is 3. The van der Waals surface area contributed by atoms with Crippen LogP contribution >= 0.6 is 11.6 Å². The molecule has 0 saturated carbocycles. The van der Waals surface area contributed by atoms with Crippen molar-refractivity contribution in [1.82, 2.24) is 25.1 Å². The number of likely N-dealkylation sites (tertiary alicyclic amines) is 1. The van der Waals surface area contributed by atoms with Gasteiger partial charge in [-0.05, 0) is 77.4 Å². The van der Waals surface area contributed by atoms with Crippen LogP contribution in [0, 0.1) is 0 Å². The molecule has 11 heteroatoms. The number of nitrogens with one attached hydrogen (secondary N) is 1. The number of aromatic nitrogens is 4. The number of aromatic carboxylic acids is 1. The topological polar surface area (TPSA) is 130 Å². The van der Waals surface area contributed by atoms with Gasteiger partial charge in [0.15, 0.2) is 0 Å². The van der Waals surface area contributed by atoms with Gasteiger partial charge in [-0.3, -0.25) is 9.59 Å². The van der Waals surface area contributed by atoms with E-state index >= 15 is 0 Å². The number of rotatable bonds is 7. The highest BCUT2D eigenvalue weighted by Crippen LogP contribution is 2.34. The molecule has 10 nitrogen and oxygen atoms in total. The number of carbonyl (C=O) groups excluding carboxylic acids is 2. The Labute approximate surface area is 234 Å². The van der Waals surface area contributed by atoms with Gasteiger partial charge in [0, 0.05) is 34.8 Å². The molecule has 2 atom stereocenters. The van der Waals surface area contributed by atoms with Crippen molar-refractivity contribution in [3.8, 4) is 5.69 Å². The summed E-state index contributed by atoms with van der Waals surface area (Å²) in [6, 6.07) is 19.9. The number of carboxylic acids is 1. The molecule has 1 aliphatic rings. The molecular formula is C29H25ClN6O4. The number of halogens is 1. The Bertz CT molecular complexity index is 1540. The summed E-state index contributed by atoms with van der Waals surface area (Å²) in [5.74, 6) is -1.96. The molecule has 202 valence electrons. The van der Waals surface area contributed by atoms with Gasteiger partial charge in [0.2, 0.25) is 11.8 Å². The fourth-order valence-electron chi connectivity index (χ4n) is 4.92. The second kappa shape index (κ2) is 11.9. The van der Waals surface area contributed by atoms with Crippen molar-refractivity contribution in [2.45, 2.75) is 24.8 Å². The number of carboxylic acid groups (broad SMARTS) is 1. The minimum Gasteiger partial charge on any atom is -0.478 e. The fraction of sp³-hybridized carbons (Fsp3) is 0.172. The fourth-order valence-corrected chi connectivity index (χ4v) is 5.11. The molecule has 1 fully saturated rings. The predicted molar refractivity (Wildman–Crippen MR) is 149 cm³/mol. The van der Waals surface area contributed by atoms with E-state index in [0.29, 0.717) is 28.5 Å². The lowest BCUT2D eigenvalue weighted by Gasteiger charge is -2.40. The zero-order valence-electron chi connectivity index (χ0n) is 21.2. The van der Waals surface area contributed by atoms with Crippen molar-refractivity contribution in [3.05, 3.63) is 107 Å². The Morgan fingerprint density at radius 2 is 1.80 bits per heavy atom. The third-order valence-corrected chi connectivity index (χ3v) is 7.04. The summed E-state index contributed by atoms with van der Waals surface area (Å²) in [6.07, 6.45) is 5.96. The molecule has 1 saturated heterocycles. The molecule has 1 aromatic heterocycles. The van der Waals surface area contributed by atoms with Crippen LogP contribution in [0.2, 0.25) is 5.02 Å². The second-order valence-electron chi connectivity index (χ2n) is 9.30. The molecule has 2 heterocycles. The lowest BCUT2D eigenvalue weighted by Crippen LogP contribution is -2.53. The smallest absolute Gasteiger partial charge is 0.335 e. The Morgan fingerprint density at radius 3 is 2.50 bits per heavy atom. The van der Waals surface area contributed by atoms with Gasteiger partial charge < -0.3 is 15.3 Å². The maximum atomic E-state index is 13.7. The molecule has 1 aliphatic heterocycles. The van der Waals surface area contributed by atoms with Crippen LogP contribution in [0.4, 0.5) is 5.69 Å². The van der Waals surface area contributed by atoms with Crippen LogP contribution in [0.15, 0.2) is 85.2 Å². The number of carbonyl (C=O) groups is 3. The monoisotopic (exact) mass is 556 g/mol. The number of tetrazole rings is 1. The summed E-state index contributed by atoms with van der Waals surface area (Å²) in [7, 11) is 0. The first-order chi connectivity index (χ1) is 19.4. The zero-order chi connectivity index (χ0) is 28.1. The van der Waals surface area contributed by atoms with E-state index in [1.807, 2.05) is 30.3 Å². The highest BCUT2D eigenvalue weighted by molar-refractivity contribution is 6.30. The molecule has 0 spiro atoms. The van der Waals surface area contributed by atoms with Crippen LogP contribution < -0.4 is 5.32 Å². The standard InChI is InChI=1S/C29H25ClN6O4/c30-22-11-14-25(36-18-31-33-34-36)21(17-22)10-15-26(37)35-16-4-7-24(19-5-2-1-3-6-19)27(35)28(38)32-23-12-8-20(9-13-23)29(39)40/h1-3,5-6,8-15,17-18,24,27H,4,7,16H2,(H,32,38)(H,39,40)/t24-,27-/m1/s1. The van der Waals surface area contributed by atoms with Crippen LogP contribution in [0.5, 0.6) is 0 Å². The van der Waals surface area contributed by atoms with Gasteiger partial charge in [-0.15, -0.1) is 5.10 Å². The van der Waals surface area contributed by atoms with E-state index in [1.165, 1.54) is 41.4 Å². The van der Waals surface area contributed by atoms with E-state index < -0.39 is 12.0 Å². The van der Waals surface area contributed by atoms with E-state index in [2.05, 4.69) is 20.8 Å². The van der Waals surface area contributed by atoms with Gasteiger partial charge in [0.05, 0.1) is 11.3 Å². The van der Waals surface area contributed by atoms with E-state index in [0.717, 1.165) is 18.4 Å². The minimum absolute atomic E-state index is 0.113. The van der Waals surface area contributed by atoms with Crippen molar-refractivity contribution in [3.63, 3.8) is 0 Å². The lowest BCUT2D eigenvalue weighted by atomic mass is 9.82. The number of hydrogen-bond donors (Lipinski definition) is 2. The molecule has 5 rings (SSSR count). The van der Waals surface area contributed by atoms with Crippen molar-refractivity contribution >= 4 is 41.1 Å². The summed E-state index contributed by atoms with van der Waals surface area (Å²) in [4.78, 5) is 40.2. The van der Waals surface area contributed by atoms with E-state index in [1.54, 1.807) is 29.2 Å². The van der Waals surface area contributed by atoms with Gasteiger partial charge in [-0.2, -0.15) is 4.68 Å². The first kappa shape index (κ1) is 26.8. The molecular weight excluding hydrogens is 532 g/mol. The third-order valence-electron chi connectivity index (χ3n) is 6.80. The van der Waals surface area contributed by atoms with Gasteiger partial charge in [0.1, 0.15) is 12.4 Å². The summed E-state index contributed by atoms with van der Waals surface area (Å²) in [5, 5.41) is 23.8. The Balaban J connectivity index is 1.44. The van der Waals surface area contributed by atoms with Crippen molar-refractivity contribution in [2.75, 3.05) is 11.9 Å². The van der Waals surface area contributed by atoms with Crippen LogP contribution in [-0.4, -0.2) is 60.6 Å². The molecule has 0 unspecified atom stereocenters. The van der Waals surface area contributed by atoms with Crippen LogP contribution in [0.1, 0.15) is 40.2 Å². The highest BCUT2D eigenvalue weighted by atomic mass is 35.5. The molecule has 3 aromatic carbocycles. The van der Waals surface area contributed by atoms with Crippen molar-refractivity contribution < 1.29 is 19.5 Å². The SMILES string of the molecule is O=C(O)c1ccc(NC(=O)[C@H]2[C@@H](c3ccccc3)CCCN2C(=O)C=Cc2cc(Cl)ccc2-n2cnnn2)cc1. The molecule has 0 radical (unpaired) electrons. The molecule has 0 aliphatic carbocycles. The summed E-state index contributed by atoms with van der Waals surface area (Å²) in [6.45, 7) is 0.401. The van der Waals surface area contributed by atoms with E-state index in [9.17, 15) is 19.5 Å². The number of piperidine rings is 1. The molecule has 0 bridgehead atoms. The van der Waals surface area contributed by atoms with Crippen LogP contribution in [-0.2, 0) is 9.59 Å². The lowest BCUT2D eigenvalue weighted by molar-refractivity contribution is -0.137. The zero-order valence-corrected chi connectivity index (χ0v) is 22.0. The minimum atomic E-state index is -1.05. The Morgan fingerprint density at radius 1 is 1.02 bits per heavy atom. The molecule has 2 amide bonds. The number of amides is 2. The average Bonchev–Trinajstić information content (AvgIpc) is 3.51. The van der Waals surface area contributed by atoms with Gasteiger partial charge in [-0.25, -0.2) is 4.79 Å². The summed E-state index contributed by atoms with van der Waals surface area (Å²) < 4.78 is 1.47. The maximum absolute atomic E-state index is 13.7. The Hall–Kier alpha value is -4.83. The number of nitrogens with zero attached hydrogens (tertiary/aromatic N) is 5. The first-order valence-corrected chi connectivity index (χ1v) is 13.0. The van der Waals surface area contributed by atoms with Crippen molar-refractivity contribution in [2.24, 2.45) is 0 Å².